The van der Waals surface area contributed by atoms with E-state index in [4.69, 9.17) is 4.74 Å². The van der Waals surface area contributed by atoms with Gasteiger partial charge in [0.1, 0.15) is 11.1 Å². The highest BCUT2D eigenvalue weighted by Gasteiger charge is 2.48. The summed E-state index contributed by atoms with van der Waals surface area (Å²) in [4.78, 5) is 16.6. The zero-order chi connectivity index (χ0) is 20.9. The number of pyridine rings is 1. The highest BCUT2D eigenvalue weighted by atomic mass is 19.4. The number of ether oxygens (including phenoxy) is 1. The van der Waals surface area contributed by atoms with Crippen molar-refractivity contribution in [2.24, 2.45) is 5.41 Å². The van der Waals surface area contributed by atoms with Crippen LogP contribution in [0.4, 0.5) is 24.8 Å². The van der Waals surface area contributed by atoms with Crippen LogP contribution in [0.25, 0.3) is 11.0 Å². The van der Waals surface area contributed by atoms with Crippen LogP contribution < -0.4 is 14.5 Å². The molecule has 2 saturated heterocycles. The monoisotopic (exact) mass is 419 g/mol. The molecule has 2 aliphatic rings. The minimum atomic E-state index is -4.44. The molecule has 2 aliphatic heterocycles. The zero-order valence-electron chi connectivity index (χ0n) is 16.3. The van der Waals surface area contributed by atoms with Gasteiger partial charge in [-0.1, -0.05) is 0 Å². The third kappa shape index (κ3) is 3.17. The number of nitrogens with zero attached hydrogens (tertiary/aromatic N) is 6. The molecule has 0 amide bonds. The van der Waals surface area contributed by atoms with E-state index in [0.29, 0.717) is 42.9 Å². The number of hydrogen-bond acceptors (Lipinski definition) is 7. The molecule has 0 unspecified atom stereocenters. The summed E-state index contributed by atoms with van der Waals surface area (Å²) >= 11 is 0. The Hall–Kier alpha value is -3.11. The average Bonchev–Trinajstić information content (AvgIpc) is 3.31. The van der Waals surface area contributed by atoms with Crippen LogP contribution in [-0.4, -0.2) is 57.9 Å². The molecular weight excluding hydrogens is 399 g/mol. The molecule has 8 nitrogen and oxygen atoms in total. The van der Waals surface area contributed by atoms with Crippen LogP contribution in [0, 0.1) is 5.41 Å². The lowest BCUT2D eigenvalue weighted by Crippen LogP contribution is -2.57. The fourth-order valence-corrected chi connectivity index (χ4v) is 4.26. The van der Waals surface area contributed by atoms with E-state index in [-0.39, 0.29) is 5.41 Å². The molecule has 1 N–H and O–H groups in total. The molecule has 158 valence electrons. The second-order valence-corrected chi connectivity index (χ2v) is 7.82. The number of hydrogen-bond donors (Lipinski definition) is 1. The van der Waals surface area contributed by atoms with E-state index in [1.807, 2.05) is 11.8 Å². The van der Waals surface area contributed by atoms with E-state index >= 15 is 0 Å². The maximum absolute atomic E-state index is 12.9. The molecule has 5 heterocycles. The van der Waals surface area contributed by atoms with Gasteiger partial charge in [-0.15, -0.1) is 5.10 Å². The highest BCUT2D eigenvalue weighted by Crippen LogP contribution is 2.43. The van der Waals surface area contributed by atoms with Crippen LogP contribution >= 0.6 is 0 Å². The fraction of sp³-hybridized carbons (Fsp3) is 0.474. The van der Waals surface area contributed by atoms with Gasteiger partial charge in [0.25, 0.3) is 0 Å². The summed E-state index contributed by atoms with van der Waals surface area (Å²) in [5.41, 5.74) is 0.350. The number of nitrogens with one attached hydrogen (secondary N) is 1. The van der Waals surface area contributed by atoms with Gasteiger partial charge in [0.2, 0.25) is 11.8 Å². The quantitative estimate of drug-likeness (QED) is 0.696. The normalized spacial score (nSPS) is 18.3. The zero-order valence-corrected chi connectivity index (χ0v) is 16.3. The third-order valence-electron chi connectivity index (χ3n) is 5.72. The predicted octanol–water partition coefficient (Wildman–Crippen LogP) is 2.88. The van der Waals surface area contributed by atoms with E-state index < -0.39 is 11.9 Å². The fourth-order valence-electron chi connectivity index (χ4n) is 4.26. The van der Waals surface area contributed by atoms with Crippen molar-refractivity contribution in [3.05, 3.63) is 30.2 Å². The van der Waals surface area contributed by atoms with Gasteiger partial charge in [-0.05, 0) is 25.5 Å². The van der Waals surface area contributed by atoms with Crippen molar-refractivity contribution in [3.63, 3.8) is 0 Å². The summed E-state index contributed by atoms with van der Waals surface area (Å²) in [6, 6.07) is 2.74. The van der Waals surface area contributed by atoms with Crippen LogP contribution in [-0.2, 0) is 6.18 Å². The lowest BCUT2D eigenvalue weighted by atomic mass is 9.79. The van der Waals surface area contributed by atoms with Gasteiger partial charge in [-0.3, -0.25) is 10.1 Å². The second kappa shape index (κ2) is 6.71. The summed E-state index contributed by atoms with van der Waals surface area (Å²) in [6.45, 7) is 5.36. The van der Waals surface area contributed by atoms with Crippen molar-refractivity contribution >= 4 is 22.7 Å². The smallest absolute Gasteiger partial charge is 0.433 e. The number of alkyl halides is 3. The molecule has 5 rings (SSSR count). The standard InChI is InChI=1S/C19H20F3N7O/c1-2-30-16-13-8-24-17(25-15(13)26-27-16)28-6-4-18(9-28)10-29(11-18)12-3-5-23-14(7-12)19(20,21)22/h3,5,7-8H,2,4,6,9-11H2,1H3,(H,24,25,26,27). The van der Waals surface area contributed by atoms with Crippen LogP contribution in [0.5, 0.6) is 5.88 Å². The van der Waals surface area contributed by atoms with Crippen LogP contribution in [0.2, 0.25) is 0 Å². The van der Waals surface area contributed by atoms with E-state index in [1.54, 1.807) is 12.3 Å². The third-order valence-corrected chi connectivity index (χ3v) is 5.72. The molecule has 0 saturated carbocycles. The molecule has 0 bridgehead atoms. The maximum Gasteiger partial charge on any atom is 0.433 e. The number of aromatic amines is 1. The molecule has 0 radical (unpaired) electrons. The Morgan fingerprint density at radius 1 is 1.20 bits per heavy atom. The van der Waals surface area contributed by atoms with E-state index in [1.165, 1.54) is 6.20 Å². The molecule has 1 spiro atoms. The number of halogens is 3. The molecule has 3 aromatic heterocycles. The van der Waals surface area contributed by atoms with Gasteiger partial charge in [0.05, 0.1) is 6.61 Å². The summed E-state index contributed by atoms with van der Waals surface area (Å²) in [7, 11) is 0. The van der Waals surface area contributed by atoms with Crippen LogP contribution in [0.1, 0.15) is 19.0 Å². The molecule has 30 heavy (non-hydrogen) atoms. The van der Waals surface area contributed by atoms with Gasteiger partial charge < -0.3 is 14.5 Å². The van der Waals surface area contributed by atoms with E-state index in [9.17, 15) is 13.2 Å². The van der Waals surface area contributed by atoms with Gasteiger partial charge >= 0.3 is 6.18 Å². The number of aromatic nitrogens is 5. The minimum absolute atomic E-state index is 0.0322. The molecule has 2 fully saturated rings. The highest BCUT2D eigenvalue weighted by molar-refractivity contribution is 5.80. The first-order valence-electron chi connectivity index (χ1n) is 9.74. The first-order chi connectivity index (χ1) is 14.4. The van der Waals surface area contributed by atoms with Gasteiger partial charge in [0, 0.05) is 49.7 Å². The Labute approximate surface area is 170 Å². The lowest BCUT2D eigenvalue weighted by molar-refractivity contribution is -0.141. The van der Waals surface area contributed by atoms with E-state index in [0.717, 1.165) is 31.0 Å². The Balaban J connectivity index is 1.28. The number of fused-ring (bicyclic) bond motifs is 1. The summed E-state index contributed by atoms with van der Waals surface area (Å²) < 4.78 is 44.2. The van der Waals surface area contributed by atoms with Gasteiger partial charge in [-0.25, -0.2) is 4.98 Å². The average molecular weight is 419 g/mol. The van der Waals surface area contributed by atoms with Crippen molar-refractivity contribution in [2.45, 2.75) is 19.5 Å². The van der Waals surface area contributed by atoms with Crippen molar-refractivity contribution in [1.29, 1.82) is 0 Å². The Bertz CT molecular complexity index is 1080. The summed E-state index contributed by atoms with van der Waals surface area (Å²) in [5, 5.41) is 7.73. The Morgan fingerprint density at radius 2 is 2.00 bits per heavy atom. The number of H-pyrrole nitrogens is 1. The minimum Gasteiger partial charge on any atom is -0.476 e. The molecule has 0 aliphatic carbocycles. The second-order valence-electron chi connectivity index (χ2n) is 7.82. The first kappa shape index (κ1) is 18.9. The summed E-state index contributed by atoms with van der Waals surface area (Å²) in [6.07, 6.45) is -0.573. The van der Waals surface area contributed by atoms with Crippen molar-refractivity contribution in [1.82, 2.24) is 25.1 Å². The molecular formula is C19H20F3N7O. The SMILES string of the molecule is CCOc1n[nH]c2nc(N3CCC4(CN(c5ccnc(C(F)(F)F)c5)C4)C3)ncc12. The first-order valence-corrected chi connectivity index (χ1v) is 9.74. The molecule has 0 atom stereocenters. The largest absolute Gasteiger partial charge is 0.476 e. The predicted molar refractivity (Wildman–Crippen MR) is 104 cm³/mol. The number of anilines is 2. The molecule has 3 aromatic rings. The maximum atomic E-state index is 12.9. The lowest BCUT2D eigenvalue weighted by Gasteiger charge is -2.49. The van der Waals surface area contributed by atoms with Crippen molar-refractivity contribution in [3.8, 4) is 5.88 Å². The molecule has 0 aromatic carbocycles. The van der Waals surface area contributed by atoms with E-state index in [2.05, 4.69) is 30.0 Å². The van der Waals surface area contributed by atoms with Crippen molar-refractivity contribution in [2.75, 3.05) is 42.6 Å². The number of rotatable bonds is 4. The van der Waals surface area contributed by atoms with Gasteiger partial charge in [-0.2, -0.15) is 18.2 Å². The van der Waals surface area contributed by atoms with Crippen LogP contribution in [0.15, 0.2) is 24.5 Å². The van der Waals surface area contributed by atoms with Crippen LogP contribution in [0.3, 0.4) is 0 Å². The summed E-state index contributed by atoms with van der Waals surface area (Å²) in [5.74, 6) is 1.11. The van der Waals surface area contributed by atoms with Crippen molar-refractivity contribution < 1.29 is 17.9 Å². The van der Waals surface area contributed by atoms with Gasteiger partial charge in [0.15, 0.2) is 5.65 Å². The Kier molecular flexibility index (Phi) is 4.23. The topological polar surface area (TPSA) is 83.1 Å². The molecule has 11 heteroatoms. The Morgan fingerprint density at radius 3 is 2.77 bits per heavy atom.